The van der Waals surface area contributed by atoms with Crippen LogP contribution in [-0.2, 0) is 0 Å². The normalized spacial score (nSPS) is 10.7. The Morgan fingerprint density at radius 3 is 1.52 bits per heavy atom. The molecular weight excluding hydrogens is 407 g/mol. The van der Waals surface area contributed by atoms with Gasteiger partial charge in [0, 0.05) is 15.9 Å². The summed E-state index contributed by atoms with van der Waals surface area (Å²) >= 11 is 2.93. The second kappa shape index (κ2) is 17.2. The summed E-state index contributed by atoms with van der Waals surface area (Å²) in [5.41, 5.74) is 0. The molecule has 160 valence electrons. The average molecular weight is 449 g/mol. The van der Waals surface area contributed by atoms with E-state index in [-0.39, 0.29) is 14.2 Å². The maximum Gasteiger partial charge on any atom is 0.382 e. The van der Waals surface area contributed by atoms with Gasteiger partial charge in [0.25, 0.3) is 4.73 Å². The summed E-state index contributed by atoms with van der Waals surface area (Å²) < 4.78 is 1.79. The standard InChI is InChI=1S/C16H36N.C3H2BrN3O2.BH4/c1-5-9-13-17(14-10-6-2,15-11-7-3)16-12-8-4;4-3-5-1-2(6-3)7(8)9;/h5-16H2,1-4H3;1H,(H,5,6);1H4/q+1;;-1. The summed E-state index contributed by atoms with van der Waals surface area (Å²) in [6, 6.07) is 0. The molecule has 6 nitrogen and oxygen atoms in total. The number of hydrogen-bond acceptors (Lipinski definition) is 3. The number of nitrogens with one attached hydrogen (secondary N) is 1. The van der Waals surface area contributed by atoms with Crippen molar-refractivity contribution in [1.82, 2.24) is 9.97 Å². The Morgan fingerprint density at radius 1 is 0.963 bits per heavy atom. The van der Waals surface area contributed by atoms with Gasteiger partial charge in [0.05, 0.1) is 26.2 Å². The maximum atomic E-state index is 9.92. The molecule has 1 heterocycles. The van der Waals surface area contributed by atoms with Crippen LogP contribution in [0, 0.1) is 10.1 Å². The van der Waals surface area contributed by atoms with Gasteiger partial charge in [-0.1, -0.05) is 61.8 Å². The Bertz CT molecular complexity index is 449. The summed E-state index contributed by atoms with van der Waals surface area (Å²) in [6.45, 7) is 15.0. The number of imidazole rings is 1. The predicted octanol–water partition coefficient (Wildman–Crippen LogP) is 4.63. The lowest BCUT2D eigenvalue weighted by Gasteiger charge is -2.39. The van der Waals surface area contributed by atoms with Gasteiger partial charge in [-0.15, -0.1) is 0 Å². The molecule has 1 aromatic heterocycles. The summed E-state index contributed by atoms with van der Waals surface area (Å²) in [7, 11) is 0. The first-order valence-electron chi connectivity index (χ1n) is 10.1. The average Bonchev–Trinajstić information content (AvgIpc) is 3.08. The molecule has 0 bridgehead atoms. The number of nitro groups is 1. The van der Waals surface area contributed by atoms with Crippen molar-refractivity contribution in [2.75, 3.05) is 26.2 Å². The summed E-state index contributed by atoms with van der Waals surface area (Å²) in [6.07, 6.45) is 12.3. The molecule has 0 fully saturated rings. The largest absolute Gasteiger partial charge is 0.382 e. The molecular formula is C19H42BBrN4O2. The number of nitrogens with zero attached hydrogens (tertiary/aromatic N) is 3. The molecule has 0 amide bonds. The van der Waals surface area contributed by atoms with E-state index in [2.05, 4.69) is 53.6 Å². The maximum absolute atomic E-state index is 9.92. The molecule has 0 aliphatic carbocycles. The minimum atomic E-state index is -0.568. The van der Waals surface area contributed by atoms with Crippen LogP contribution in [0.5, 0.6) is 0 Å². The molecule has 0 aromatic carbocycles. The van der Waals surface area contributed by atoms with Crippen LogP contribution in [0.15, 0.2) is 10.9 Å². The zero-order chi connectivity index (χ0) is 19.8. The smallest absolute Gasteiger partial charge is 0.358 e. The van der Waals surface area contributed by atoms with Gasteiger partial charge in [0.15, 0.2) is 0 Å². The Morgan fingerprint density at radius 2 is 1.33 bits per heavy atom. The first kappa shape index (κ1) is 28.3. The van der Waals surface area contributed by atoms with Gasteiger partial charge in [-0.3, -0.25) is 0 Å². The lowest BCUT2D eigenvalue weighted by molar-refractivity contribution is -0.929. The van der Waals surface area contributed by atoms with E-state index >= 15 is 0 Å². The number of hydrogen-bond donors (Lipinski definition) is 1. The third-order valence-electron chi connectivity index (χ3n) is 4.66. The fraction of sp³-hybridized carbons (Fsp3) is 0.842. The van der Waals surface area contributed by atoms with Crippen molar-refractivity contribution >= 4 is 30.2 Å². The van der Waals surface area contributed by atoms with Crippen molar-refractivity contribution in [3.05, 3.63) is 21.0 Å². The van der Waals surface area contributed by atoms with Crippen molar-refractivity contribution in [1.29, 1.82) is 0 Å². The topological polar surface area (TPSA) is 71.8 Å². The van der Waals surface area contributed by atoms with Crippen molar-refractivity contribution < 1.29 is 9.41 Å². The molecule has 0 radical (unpaired) electrons. The van der Waals surface area contributed by atoms with Crippen LogP contribution in [0.4, 0.5) is 5.82 Å². The molecule has 0 unspecified atom stereocenters. The van der Waals surface area contributed by atoms with Gasteiger partial charge in [-0.2, -0.15) is 0 Å². The van der Waals surface area contributed by atoms with Crippen LogP contribution in [0.25, 0.3) is 0 Å². The van der Waals surface area contributed by atoms with Crippen molar-refractivity contribution in [2.24, 2.45) is 0 Å². The van der Waals surface area contributed by atoms with E-state index in [4.69, 9.17) is 0 Å². The SMILES string of the molecule is CCCC[N+](CCCC)(CCCC)CCCC.O=[N+]([O-])c1c[nH]c(Br)n1.[BH4-]. The fourth-order valence-electron chi connectivity index (χ4n) is 3.03. The quantitative estimate of drug-likeness (QED) is 0.207. The molecule has 0 aliphatic heterocycles. The van der Waals surface area contributed by atoms with Gasteiger partial charge < -0.3 is 19.6 Å². The predicted molar refractivity (Wildman–Crippen MR) is 124 cm³/mol. The lowest BCUT2D eigenvalue weighted by Crippen LogP contribution is -2.50. The monoisotopic (exact) mass is 448 g/mol. The molecule has 0 saturated carbocycles. The number of aromatic nitrogens is 2. The van der Waals surface area contributed by atoms with Crippen molar-refractivity contribution in [3.8, 4) is 0 Å². The second-order valence-corrected chi connectivity index (χ2v) is 7.71. The Balaban J connectivity index is 0. The number of unbranched alkanes of at least 4 members (excludes halogenated alkanes) is 4. The first-order chi connectivity index (χ1) is 12.4. The molecule has 27 heavy (non-hydrogen) atoms. The summed E-state index contributed by atoms with van der Waals surface area (Å²) in [5.74, 6) is -0.179. The summed E-state index contributed by atoms with van der Waals surface area (Å²) in [4.78, 5) is 15.3. The number of quaternary nitrogens is 1. The number of rotatable bonds is 13. The highest BCUT2D eigenvalue weighted by Crippen LogP contribution is 2.16. The molecule has 1 rings (SSSR count). The molecule has 8 heteroatoms. The van der Waals surface area contributed by atoms with Crippen LogP contribution in [0.3, 0.4) is 0 Å². The second-order valence-electron chi connectivity index (χ2n) is 6.96. The lowest BCUT2D eigenvalue weighted by atomic mass is 10.1. The Labute approximate surface area is 176 Å². The highest BCUT2D eigenvalue weighted by atomic mass is 79.9. The number of H-pyrrole nitrogens is 1. The molecule has 0 spiro atoms. The first-order valence-corrected chi connectivity index (χ1v) is 10.9. The Hall–Kier alpha value is -0.885. The Kier molecular flexibility index (Phi) is 18.1. The van der Waals surface area contributed by atoms with E-state index in [1.54, 1.807) is 0 Å². The molecule has 1 N–H and O–H groups in total. The van der Waals surface area contributed by atoms with Crippen LogP contribution in [0.1, 0.15) is 79.1 Å². The van der Waals surface area contributed by atoms with E-state index in [1.165, 1.54) is 88.2 Å². The molecule has 1 aromatic rings. The van der Waals surface area contributed by atoms with Crippen LogP contribution in [0.2, 0.25) is 0 Å². The van der Waals surface area contributed by atoms with Gasteiger partial charge in [0.2, 0.25) is 0 Å². The molecule has 0 aliphatic rings. The van der Waals surface area contributed by atoms with Crippen molar-refractivity contribution in [2.45, 2.75) is 79.1 Å². The van der Waals surface area contributed by atoms with Gasteiger partial charge >= 0.3 is 5.82 Å². The minimum absolute atomic E-state index is 0. The van der Waals surface area contributed by atoms with Crippen LogP contribution < -0.4 is 0 Å². The molecule has 0 atom stereocenters. The highest BCUT2D eigenvalue weighted by Gasteiger charge is 2.24. The van der Waals surface area contributed by atoms with Gasteiger partial charge in [-0.25, -0.2) is 0 Å². The van der Waals surface area contributed by atoms with E-state index in [0.717, 1.165) is 0 Å². The zero-order valence-corrected chi connectivity index (χ0v) is 18.7. The van der Waals surface area contributed by atoms with E-state index < -0.39 is 4.92 Å². The number of aromatic amines is 1. The third kappa shape index (κ3) is 13.0. The van der Waals surface area contributed by atoms with E-state index in [1.807, 2.05) is 0 Å². The van der Waals surface area contributed by atoms with Gasteiger partial charge in [-0.05, 0) is 35.6 Å². The number of halogens is 1. The van der Waals surface area contributed by atoms with Gasteiger partial charge in [0.1, 0.15) is 6.20 Å². The zero-order valence-electron chi connectivity index (χ0n) is 17.1. The minimum Gasteiger partial charge on any atom is -0.358 e. The molecule has 0 saturated heterocycles. The van der Waals surface area contributed by atoms with Crippen molar-refractivity contribution in [3.63, 3.8) is 0 Å². The highest BCUT2D eigenvalue weighted by molar-refractivity contribution is 9.10. The van der Waals surface area contributed by atoms with E-state index in [0.29, 0.717) is 4.73 Å². The summed E-state index contributed by atoms with van der Waals surface area (Å²) in [5, 5.41) is 9.92. The van der Waals surface area contributed by atoms with Crippen LogP contribution in [-0.4, -0.2) is 54.0 Å². The third-order valence-corrected chi connectivity index (χ3v) is 5.07. The fourth-order valence-corrected chi connectivity index (χ4v) is 3.32. The van der Waals surface area contributed by atoms with E-state index in [9.17, 15) is 10.1 Å². The van der Waals surface area contributed by atoms with Crippen LogP contribution >= 0.6 is 15.9 Å².